The van der Waals surface area contributed by atoms with Crippen LogP contribution >= 0.6 is 0 Å². The van der Waals surface area contributed by atoms with E-state index in [4.69, 9.17) is 4.74 Å². The first-order valence-corrected chi connectivity index (χ1v) is 5.86. The lowest BCUT2D eigenvalue weighted by atomic mass is 10.0. The van der Waals surface area contributed by atoms with Crippen molar-refractivity contribution in [2.24, 2.45) is 5.92 Å². The quantitative estimate of drug-likeness (QED) is 0.667. The van der Waals surface area contributed by atoms with Crippen LogP contribution in [0.1, 0.15) is 27.2 Å². The number of methoxy groups -OCH3 is 1. The summed E-state index contributed by atoms with van der Waals surface area (Å²) >= 11 is 0. The fourth-order valence-electron chi connectivity index (χ4n) is 1.65. The van der Waals surface area contributed by atoms with Crippen molar-refractivity contribution in [3.05, 3.63) is 0 Å². The van der Waals surface area contributed by atoms with Gasteiger partial charge in [0.05, 0.1) is 6.10 Å². The van der Waals surface area contributed by atoms with Gasteiger partial charge in [-0.2, -0.15) is 0 Å². The van der Waals surface area contributed by atoms with Gasteiger partial charge in [0.2, 0.25) is 0 Å². The van der Waals surface area contributed by atoms with Crippen LogP contribution in [0, 0.1) is 5.92 Å². The van der Waals surface area contributed by atoms with Crippen LogP contribution in [-0.2, 0) is 4.74 Å². The number of hydrogen-bond acceptors (Lipinski definition) is 3. The molecule has 0 rings (SSSR count). The molecule has 0 spiro atoms. The van der Waals surface area contributed by atoms with Gasteiger partial charge in [0, 0.05) is 26.2 Å². The Labute approximate surface area is 95.2 Å². The Morgan fingerprint density at radius 3 is 2.20 bits per heavy atom. The zero-order chi connectivity index (χ0) is 11.8. The van der Waals surface area contributed by atoms with Crippen molar-refractivity contribution in [1.29, 1.82) is 0 Å². The SMILES string of the molecule is COC(C)CNC(CC(C)C)CN(C)C. The zero-order valence-corrected chi connectivity index (χ0v) is 11.2. The van der Waals surface area contributed by atoms with Gasteiger partial charge in [0.25, 0.3) is 0 Å². The van der Waals surface area contributed by atoms with E-state index in [0.29, 0.717) is 12.1 Å². The molecule has 0 fully saturated rings. The van der Waals surface area contributed by atoms with Gasteiger partial charge in [-0.3, -0.25) is 0 Å². The van der Waals surface area contributed by atoms with Crippen LogP contribution in [0.2, 0.25) is 0 Å². The Hall–Kier alpha value is -0.120. The van der Waals surface area contributed by atoms with Gasteiger partial charge < -0.3 is 15.0 Å². The van der Waals surface area contributed by atoms with Crippen molar-refractivity contribution in [1.82, 2.24) is 10.2 Å². The maximum atomic E-state index is 5.23. The molecule has 0 aliphatic rings. The molecule has 2 atom stereocenters. The highest BCUT2D eigenvalue weighted by Crippen LogP contribution is 2.05. The molecule has 92 valence electrons. The summed E-state index contributed by atoms with van der Waals surface area (Å²) in [6.07, 6.45) is 1.51. The van der Waals surface area contributed by atoms with E-state index < -0.39 is 0 Å². The number of ether oxygens (including phenoxy) is 1. The average molecular weight is 216 g/mol. The summed E-state index contributed by atoms with van der Waals surface area (Å²) in [5, 5.41) is 3.57. The molecule has 3 heteroatoms. The highest BCUT2D eigenvalue weighted by molar-refractivity contribution is 4.72. The topological polar surface area (TPSA) is 24.5 Å². The third kappa shape index (κ3) is 8.85. The zero-order valence-electron chi connectivity index (χ0n) is 11.2. The highest BCUT2D eigenvalue weighted by atomic mass is 16.5. The predicted octanol–water partition coefficient (Wildman–Crippen LogP) is 1.59. The Morgan fingerprint density at radius 1 is 1.20 bits per heavy atom. The first-order chi connectivity index (χ1) is 6.95. The molecule has 2 unspecified atom stereocenters. The maximum absolute atomic E-state index is 5.23. The normalized spacial score (nSPS) is 16.0. The summed E-state index contributed by atoms with van der Waals surface area (Å²) in [4.78, 5) is 2.23. The van der Waals surface area contributed by atoms with Crippen molar-refractivity contribution in [2.75, 3.05) is 34.3 Å². The van der Waals surface area contributed by atoms with Crippen molar-refractivity contribution >= 4 is 0 Å². The Balaban J connectivity index is 3.89. The fraction of sp³-hybridized carbons (Fsp3) is 1.00. The van der Waals surface area contributed by atoms with Gasteiger partial charge >= 0.3 is 0 Å². The summed E-state index contributed by atoms with van der Waals surface area (Å²) in [7, 11) is 6.00. The van der Waals surface area contributed by atoms with Gasteiger partial charge in [-0.1, -0.05) is 13.8 Å². The standard InChI is InChI=1S/C12H28N2O/c1-10(2)7-12(9-14(4)5)13-8-11(3)15-6/h10-13H,7-9H2,1-6H3. The average Bonchev–Trinajstić information content (AvgIpc) is 2.11. The lowest BCUT2D eigenvalue weighted by Crippen LogP contribution is -2.42. The van der Waals surface area contributed by atoms with E-state index in [1.807, 2.05) is 0 Å². The van der Waals surface area contributed by atoms with Crippen LogP contribution in [-0.4, -0.2) is 51.3 Å². The van der Waals surface area contributed by atoms with Crippen LogP contribution in [0.4, 0.5) is 0 Å². The summed E-state index contributed by atoms with van der Waals surface area (Å²) in [6.45, 7) is 8.65. The summed E-state index contributed by atoms with van der Waals surface area (Å²) in [5.41, 5.74) is 0. The first kappa shape index (κ1) is 14.9. The molecule has 0 bridgehead atoms. The molecular weight excluding hydrogens is 188 g/mol. The molecular formula is C12H28N2O. The van der Waals surface area contributed by atoms with Crippen LogP contribution in [0.15, 0.2) is 0 Å². The molecule has 1 N–H and O–H groups in total. The van der Waals surface area contributed by atoms with Gasteiger partial charge in [-0.05, 0) is 33.4 Å². The summed E-state index contributed by atoms with van der Waals surface area (Å²) in [5.74, 6) is 0.736. The van der Waals surface area contributed by atoms with E-state index in [9.17, 15) is 0 Å². The van der Waals surface area contributed by atoms with Gasteiger partial charge in [0.15, 0.2) is 0 Å². The minimum Gasteiger partial charge on any atom is -0.380 e. The highest BCUT2D eigenvalue weighted by Gasteiger charge is 2.12. The van der Waals surface area contributed by atoms with E-state index in [0.717, 1.165) is 19.0 Å². The first-order valence-electron chi connectivity index (χ1n) is 5.86. The van der Waals surface area contributed by atoms with Crippen molar-refractivity contribution in [3.63, 3.8) is 0 Å². The van der Waals surface area contributed by atoms with Crippen molar-refractivity contribution in [2.45, 2.75) is 39.3 Å². The lowest BCUT2D eigenvalue weighted by molar-refractivity contribution is 0.111. The number of hydrogen-bond donors (Lipinski definition) is 1. The van der Waals surface area contributed by atoms with E-state index >= 15 is 0 Å². The van der Waals surface area contributed by atoms with Crippen LogP contribution in [0.25, 0.3) is 0 Å². The molecule has 0 saturated heterocycles. The Morgan fingerprint density at radius 2 is 1.80 bits per heavy atom. The molecule has 0 aliphatic heterocycles. The van der Waals surface area contributed by atoms with E-state index in [2.05, 4.69) is 45.1 Å². The van der Waals surface area contributed by atoms with E-state index in [1.54, 1.807) is 7.11 Å². The summed E-state index contributed by atoms with van der Waals surface area (Å²) < 4.78 is 5.23. The second-order valence-electron chi connectivity index (χ2n) is 5.04. The van der Waals surface area contributed by atoms with Crippen LogP contribution < -0.4 is 5.32 Å². The molecule has 15 heavy (non-hydrogen) atoms. The lowest BCUT2D eigenvalue weighted by Gasteiger charge is -2.25. The number of rotatable bonds is 8. The minimum atomic E-state index is 0.293. The molecule has 3 nitrogen and oxygen atoms in total. The van der Waals surface area contributed by atoms with Gasteiger partial charge in [-0.25, -0.2) is 0 Å². The predicted molar refractivity (Wildman–Crippen MR) is 66.3 cm³/mol. The minimum absolute atomic E-state index is 0.293. The van der Waals surface area contributed by atoms with E-state index in [-0.39, 0.29) is 0 Å². The molecule has 0 aromatic rings. The second-order valence-corrected chi connectivity index (χ2v) is 5.04. The molecule has 0 aromatic heterocycles. The Kier molecular flexibility index (Phi) is 8.02. The van der Waals surface area contributed by atoms with Gasteiger partial charge in [-0.15, -0.1) is 0 Å². The smallest absolute Gasteiger partial charge is 0.0667 e. The molecule has 0 radical (unpaired) electrons. The number of nitrogens with zero attached hydrogens (tertiary/aromatic N) is 1. The third-order valence-corrected chi connectivity index (χ3v) is 2.44. The van der Waals surface area contributed by atoms with Crippen LogP contribution in [0.3, 0.4) is 0 Å². The van der Waals surface area contributed by atoms with E-state index in [1.165, 1.54) is 6.42 Å². The Bertz CT molecular complexity index is 139. The maximum Gasteiger partial charge on any atom is 0.0667 e. The van der Waals surface area contributed by atoms with Gasteiger partial charge in [0.1, 0.15) is 0 Å². The molecule has 0 heterocycles. The molecule has 0 aliphatic carbocycles. The monoisotopic (exact) mass is 216 g/mol. The summed E-state index contributed by atoms with van der Waals surface area (Å²) in [6, 6.07) is 0.567. The third-order valence-electron chi connectivity index (χ3n) is 2.44. The second kappa shape index (κ2) is 8.08. The molecule has 0 aromatic carbocycles. The van der Waals surface area contributed by atoms with Crippen molar-refractivity contribution < 1.29 is 4.74 Å². The fourth-order valence-corrected chi connectivity index (χ4v) is 1.65. The number of likely N-dealkylation sites (N-methyl/N-ethyl adjacent to an activating group) is 1. The van der Waals surface area contributed by atoms with Crippen LogP contribution in [0.5, 0.6) is 0 Å². The largest absolute Gasteiger partial charge is 0.380 e. The molecule has 0 amide bonds. The number of nitrogens with one attached hydrogen (secondary N) is 1. The van der Waals surface area contributed by atoms with Crippen molar-refractivity contribution in [3.8, 4) is 0 Å². The molecule has 0 saturated carbocycles.